The van der Waals surface area contributed by atoms with E-state index in [0.717, 1.165) is 10.8 Å². The molecule has 4 heteroatoms. The number of fused-ring (bicyclic) bond motifs is 3. The molecule has 0 fully saturated rings. The summed E-state index contributed by atoms with van der Waals surface area (Å²) in [6.45, 7) is 0. The summed E-state index contributed by atoms with van der Waals surface area (Å²) in [4.78, 5) is 14.7. The lowest BCUT2D eigenvalue weighted by molar-refractivity contribution is 1.34. The van der Waals surface area contributed by atoms with Crippen LogP contribution in [-0.4, -0.2) is 4.98 Å². The summed E-state index contributed by atoms with van der Waals surface area (Å²) in [5.74, 6) is 0. The van der Waals surface area contributed by atoms with Gasteiger partial charge in [-0.15, -0.1) is 0 Å². The van der Waals surface area contributed by atoms with Crippen molar-refractivity contribution in [3.05, 3.63) is 46.8 Å². The van der Waals surface area contributed by atoms with E-state index in [9.17, 15) is 4.79 Å². The SMILES string of the molecule is Nc1cccc2[nH]c(=O)c3cccc(N)c3c12. The first-order chi connectivity index (χ1) is 8.18. The highest BCUT2D eigenvalue weighted by molar-refractivity contribution is 6.15. The van der Waals surface area contributed by atoms with Crippen molar-refractivity contribution in [3.8, 4) is 0 Å². The minimum atomic E-state index is -0.148. The molecule has 0 spiro atoms. The van der Waals surface area contributed by atoms with Crippen LogP contribution < -0.4 is 17.0 Å². The molecule has 1 aromatic heterocycles. The van der Waals surface area contributed by atoms with Crippen molar-refractivity contribution < 1.29 is 0 Å². The molecule has 0 aliphatic rings. The third kappa shape index (κ3) is 1.27. The molecule has 0 amide bonds. The lowest BCUT2D eigenvalue weighted by Crippen LogP contribution is -2.08. The third-order valence-corrected chi connectivity index (χ3v) is 2.94. The molecule has 0 atom stereocenters. The van der Waals surface area contributed by atoms with Crippen molar-refractivity contribution in [2.75, 3.05) is 11.5 Å². The molecule has 0 radical (unpaired) electrons. The van der Waals surface area contributed by atoms with E-state index in [-0.39, 0.29) is 5.56 Å². The summed E-state index contributed by atoms with van der Waals surface area (Å²) < 4.78 is 0. The van der Waals surface area contributed by atoms with Crippen LogP contribution in [0.1, 0.15) is 0 Å². The van der Waals surface area contributed by atoms with Gasteiger partial charge in [0.1, 0.15) is 0 Å². The predicted octanol–water partition coefficient (Wildman–Crippen LogP) is 1.85. The van der Waals surface area contributed by atoms with E-state index in [4.69, 9.17) is 11.5 Å². The fourth-order valence-electron chi connectivity index (χ4n) is 2.18. The standard InChI is InChI=1S/C13H11N3O/c14-8-4-1-3-7-11(8)12-9(15)5-2-6-10(12)16-13(7)17/h1-6H,14-15H2,(H,16,17). The maximum absolute atomic E-state index is 11.9. The number of pyridine rings is 1. The molecule has 4 nitrogen and oxygen atoms in total. The quantitative estimate of drug-likeness (QED) is 0.403. The van der Waals surface area contributed by atoms with Gasteiger partial charge in [0.2, 0.25) is 0 Å². The second kappa shape index (κ2) is 3.25. The smallest absolute Gasteiger partial charge is 0.256 e. The number of H-pyrrole nitrogens is 1. The molecule has 3 rings (SSSR count). The molecule has 0 saturated heterocycles. The highest BCUT2D eigenvalue weighted by atomic mass is 16.1. The van der Waals surface area contributed by atoms with Gasteiger partial charge in [-0.05, 0) is 24.3 Å². The van der Waals surface area contributed by atoms with E-state index in [1.807, 2.05) is 6.07 Å². The van der Waals surface area contributed by atoms with Crippen LogP contribution in [0.3, 0.4) is 0 Å². The molecular formula is C13H11N3O. The van der Waals surface area contributed by atoms with E-state index < -0.39 is 0 Å². The minimum absolute atomic E-state index is 0.148. The Balaban J connectivity index is 2.76. The molecule has 0 bridgehead atoms. The lowest BCUT2D eigenvalue weighted by atomic mass is 10.0. The zero-order valence-corrected chi connectivity index (χ0v) is 9.03. The number of aromatic amines is 1. The molecule has 84 valence electrons. The van der Waals surface area contributed by atoms with Gasteiger partial charge in [0, 0.05) is 27.5 Å². The molecular weight excluding hydrogens is 214 g/mol. The van der Waals surface area contributed by atoms with Crippen molar-refractivity contribution >= 4 is 33.1 Å². The van der Waals surface area contributed by atoms with Gasteiger partial charge < -0.3 is 16.5 Å². The van der Waals surface area contributed by atoms with Crippen LogP contribution >= 0.6 is 0 Å². The fraction of sp³-hybridized carbons (Fsp3) is 0. The van der Waals surface area contributed by atoms with Gasteiger partial charge in [-0.25, -0.2) is 0 Å². The number of aromatic nitrogens is 1. The van der Waals surface area contributed by atoms with Gasteiger partial charge in [-0.1, -0.05) is 12.1 Å². The molecule has 2 aromatic carbocycles. The Bertz CT molecular complexity index is 790. The number of rotatable bonds is 0. The van der Waals surface area contributed by atoms with Crippen LogP contribution in [0.15, 0.2) is 41.2 Å². The molecule has 17 heavy (non-hydrogen) atoms. The van der Waals surface area contributed by atoms with Crippen molar-refractivity contribution in [1.29, 1.82) is 0 Å². The maximum atomic E-state index is 11.9. The Morgan fingerprint density at radius 3 is 2.29 bits per heavy atom. The van der Waals surface area contributed by atoms with Gasteiger partial charge in [0.25, 0.3) is 5.56 Å². The monoisotopic (exact) mass is 225 g/mol. The highest BCUT2D eigenvalue weighted by Gasteiger charge is 2.09. The molecule has 0 unspecified atom stereocenters. The van der Waals surface area contributed by atoms with Crippen molar-refractivity contribution in [1.82, 2.24) is 4.98 Å². The second-order valence-electron chi connectivity index (χ2n) is 3.99. The number of hydrogen-bond donors (Lipinski definition) is 3. The second-order valence-corrected chi connectivity index (χ2v) is 3.99. The van der Waals surface area contributed by atoms with E-state index in [2.05, 4.69) is 4.98 Å². The van der Waals surface area contributed by atoms with E-state index in [1.54, 1.807) is 30.3 Å². The molecule has 5 N–H and O–H groups in total. The van der Waals surface area contributed by atoms with Crippen LogP contribution in [0.25, 0.3) is 21.7 Å². The van der Waals surface area contributed by atoms with Gasteiger partial charge >= 0.3 is 0 Å². The number of nitrogen functional groups attached to an aromatic ring is 2. The van der Waals surface area contributed by atoms with Crippen LogP contribution in [0, 0.1) is 0 Å². The average molecular weight is 225 g/mol. The maximum Gasteiger partial charge on any atom is 0.256 e. The summed E-state index contributed by atoms with van der Waals surface area (Å²) in [5, 5.41) is 2.10. The number of benzene rings is 2. The van der Waals surface area contributed by atoms with Gasteiger partial charge in [0.15, 0.2) is 0 Å². The first kappa shape index (κ1) is 9.72. The Kier molecular flexibility index (Phi) is 1.86. The predicted molar refractivity (Wildman–Crippen MR) is 70.9 cm³/mol. The van der Waals surface area contributed by atoms with E-state index in [0.29, 0.717) is 22.3 Å². The van der Waals surface area contributed by atoms with E-state index in [1.165, 1.54) is 0 Å². The largest absolute Gasteiger partial charge is 0.398 e. The molecule has 0 aliphatic carbocycles. The first-order valence-corrected chi connectivity index (χ1v) is 5.27. The number of anilines is 2. The van der Waals surface area contributed by atoms with Crippen LogP contribution in [-0.2, 0) is 0 Å². The Morgan fingerprint density at radius 2 is 1.53 bits per heavy atom. The van der Waals surface area contributed by atoms with Crippen molar-refractivity contribution in [3.63, 3.8) is 0 Å². The van der Waals surface area contributed by atoms with Crippen LogP contribution in [0.2, 0.25) is 0 Å². The average Bonchev–Trinajstić information content (AvgIpc) is 2.30. The van der Waals surface area contributed by atoms with Crippen LogP contribution in [0.5, 0.6) is 0 Å². The Labute approximate surface area is 96.9 Å². The van der Waals surface area contributed by atoms with Crippen molar-refractivity contribution in [2.24, 2.45) is 0 Å². The van der Waals surface area contributed by atoms with Gasteiger partial charge in [-0.2, -0.15) is 0 Å². The number of nitrogens with two attached hydrogens (primary N) is 2. The highest BCUT2D eigenvalue weighted by Crippen LogP contribution is 2.30. The topological polar surface area (TPSA) is 84.9 Å². The van der Waals surface area contributed by atoms with Crippen molar-refractivity contribution in [2.45, 2.75) is 0 Å². The van der Waals surface area contributed by atoms with Gasteiger partial charge in [-0.3, -0.25) is 4.79 Å². The Morgan fingerprint density at radius 1 is 0.882 bits per heavy atom. The number of hydrogen-bond acceptors (Lipinski definition) is 3. The molecule has 0 saturated carbocycles. The zero-order chi connectivity index (χ0) is 12.0. The zero-order valence-electron chi connectivity index (χ0n) is 9.03. The van der Waals surface area contributed by atoms with Crippen LogP contribution in [0.4, 0.5) is 11.4 Å². The van der Waals surface area contributed by atoms with E-state index >= 15 is 0 Å². The first-order valence-electron chi connectivity index (χ1n) is 5.27. The summed E-state index contributed by atoms with van der Waals surface area (Å²) >= 11 is 0. The lowest BCUT2D eigenvalue weighted by Gasteiger charge is -2.08. The number of nitrogens with one attached hydrogen (secondary N) is 1. The Hall–Kier alpha value is -2.49. The fourth-order valence-corrected chi connectivity index (χ4v) is 2.18. The normalized spacial score (nSPS) is 11.1. The summed E-state index contributed by atoms with van der Waals surface area (Å²) in [6.07, 6.45) is 0. The molecule has 1 heterocycles. The summed E-state index contributed by atoms with van der Waals surface area (Å²) in [6, 6.07) is 10.7. The molecule has 3 aromatic rings. The van der Waals surface area contributed by atoms with Gasteiger partial charge in [0.05, 0.1) is 5.52 Å². The molecule has 0 aliphatic heterocycles. The summed E-state index contributed by atoms with van der Waals surface area (Å²) in [5.41, 5.74) is 13.7. The third-order valence-electron chi connectivity index (χ3n) is 2.94. The summed E-state index contributed by atoms with van der Waals surface area (Å²) in [7, 11) is 0. The minimum Gasteiger partial charge on any atom is -0.398 e.